The molecule has 1 unspecified atom stereocenters. The molecule has 0 radical (unpaired) electrons. The normalized spacial score (nSPS) is 24.7. The maximum absolute atomic E-state index is 12.9. The fourth-order valence-electron chi connectivity index (χ4n) is 3.28. The van der Waals surface area contributed by atoms with E-state index in [0.29, 0.717) is 19.3 Å². The first-order chi connectivity index (χ1) is 12.0. The Morgan fingerprint density at radius 2 is 1.62 bits per heavy atom. The topological polar surface area (TPSA) is 91.7 Å². The molecule has 1 aliphatic carbocycles. The molecule has 0 heterocycles. The Morgan fingerprint density at radius 3 is 2.08 bits per heavy atom. The van der Waals surface area contributed by atoms with Crippen molar-refractivity contribution in [2.45, 2.75) is 79.2 Å². The van der Waals surface area contributed by atoms with Crippen molar-refractivity contribution in [3.05, 3.63) is 11.3 Å². The summed E-state index contributed by atoms with van der Waals surface area (Å²) >= 11 is 0. The lowest BCUT2D eigenvalue weighted by Crippen LogP contribution is -2.47. The number of allylic oxidation sites excluding steroid dienone is 1. The third-order valence-corrected chi connectivity index (χ3v) is 5.38. The van der Waals surface area contributed by atoms with Gasteiger partial charge in [-0.25, -0.2) is 0 Å². The molecule has 0 aromatic heterocycles. The predicted molar refractivity (Wildman–Crippen MR) is 101 cm³/mol. The maximum Gasteiger partial charge on any atom is 0.190 e. The second-order valence-electron chi connectivity index (χ2n) is 8.41. The fraction of sp³-hybridized carbons (Fsp3) is 0.762. The van der Waals surface area contributed by atoms with Crippen LogP contribution < -0.4 is 0 Å². The van der Waals surface area contributed by atoms with Crippen molar-refractivity contribution in [1.82, 2.24) is 0 Å². The number of hydrogen-bond acceptors (Lipinski definition) is 5. The summed E-state index contributed by atoms with van der Waals surface area (Å²) in [7, 11) is 0. The van der Waals surface area contributed by atoms with Gasteiger partial charge in [-0.05, 0) is 31.1 Å². The molecule has 3 atom stereocenters. The van der Waals surface area contributed by atoms with Crippen LogP contribution in [-0.4, -0.2) is 33.2 Å². The third kappa shape index (κ3) is 4.43. The first-order valence-corrected chi connectivity index (χ1v) is 9.76. The lowest BCUT2D eigenvalue weighted by molar-refractivity contribution is -0.145. The van der Waals surface area contributed by atoms with E-state index >= 15 is 0 Å². The first-order valence-electron chi connectivity index (χ1n) is 9.76. The van der Waals surface area contributed by atoms with Gasteiger partial charge < -0.3 is 10.2 Å². The van der Waals surface area contributed by atoms with E-state index in [-0.39, 0.29) is 30.3 Å². The van der Waals surface area contributed by atoms with Crippen molar-refractivity contribution in [1.29, 1.82) is 0 Å². The molecule has 2 N–H and O–H groups in total. The van der Waals surface area contributed by atoms with Gasteiger partial charge >= 0.3 is 0 Å². The summed E-state index contributed by atoms with van der Waals surface area (Å²) in [5, 5.41) is 21.8. The summed E-state index contributed by atoms with van der Waals surface area (Å²) < 4.78 is 0. The van der Waals surface area contributed by atoms with E-state index in [1.165, 1.54) is 0 Å². The molecule has 0 saturated carbocycles. The number of Topliss-reactive ketones (excluding diaryl/α,β-unsaturated/α-hetero) is 3. The van der Waals surface area contributed by atoms with Crippen LogP contribution in [0.25, 0.3) is 0 Å². The van der Waals surface area contributed by atoms with Gasteiger partial charge in [0.2, 0.25) is 0 Å². The average Bonchev–Trinajstić information content (AvgIpc) is 2.76. The molecule has 5 heteroatoms. The highest BCUT2D eigenvalue weighted by molar-refractivity contribution is 6.26. The molecular formula is C21H34O5. The summed E-state index contributed by atoms with van der Waals surface area (Å²) in [5.74, 6) is -3.38. The van der Waals surface area contributed by atoms with Crippen molar-refractivity contribution in [3.8, 4) is 0 Å². The molecule has 0 amide bonds. The zero-order chi connectivity index (χ0) is 20.2. The second kappa shape index (κ2) is 8.94. The molecule has 0 fully saturated rings. The minimum Gasteiger partial charge on any atom is -0.508 e. The van der Waals surface area contributed by atoms with Crippen LogP contribution in [0.1, 0.15) is 73.6 Å². The Morgan fingerprint density at radius 1 is 1.08 bits per heavy atom. The maximum atomic E-state index is 12.9. The largest absolute Gasteiger partial charge is 0.508 e. The number of aliphatic hydroxyl groups is 2. The molecule has 1 rings (SSSR count). The van der Waals surface area contributed by atoms with Crippen molar-refractivity contribution in [3.63, 3.8) is 0 Å². The summed E-state index contributed by atoms with van der Waals surface area (Å²) in [6.07, 6.45) is 2.01. The second-order valence-corrected chi connectivity index (χ2v) is 8.41. The van der Waals surface area contributed by atoms with Crippen LogP contribution in [0, 0.1) is 23.7 Å². The van der Waals surface area contributed by atoms with Crippen LogP contribution in [0.3, 0.4) is 0 Å². The summed E-state index contributed by atoms with van der Waals surface area (Å²) in [5.41, 5.74) is -2.63. The van der Waals surface area contributed by atoms with Gasteiger partial charge in [0.25, 0.3) is 0 Å². The highest BCUT2D eigenvalue weighted by Crippen LogP contribution is 2.42. The molecule has 148 valence electrons. The van der Waals surface area contributed by atoms with Crippen LogP contribution in [0.5, 0.6) is 0 Å². The van der Waals surface area contributed by atoms with Crippen molar-refractivity contribution in [2.75, 3.05) is 0 Å². The quantitative estimate of drug-likeness (QED) is 0.574. The zero-order valence-electron chi connectivity index (χ0n) is 17.0. The van der Waals surface area contributed by atoms with Gasteiger partial charge in [0.1, 0.15) is 11.3 Å². The van der Waals surface area contributed by atoms with E-state index in [1.54, 1.807) is 6.92 Å². The molecule has 0 aliphatic heterocycles. The smallest absolute Gasteiger partial charge is 0.190 e. The van der Waals surface area contributed by atoms with Gasteiger partial charge in [-0.15, -0.1) is 0 Å². The third-order valence-electron chi connectivity index (χ3n) is 5.38. The van der Waals surface area contributed by atoms with Gasteiger partial charge in [-0.2, -0.15) is 0 Å². The number of carbonyl (C=O) groups is 3. The van der Waals surface area contributed by atoms with E-state index in [0.717, 1.165) is 0 Å². The highest BCUT2D eigenvalue weighted by atomic mass is 16.3. The monoisotopic (exact) mass is 366 g/mol. The predicted octanol–water partition coefficient (Wildman–Crippen LogP) is 3.79. The number of hydrogen-bond donors (Lipinski definition) is 2. The summed E-state index contributed by atoms with van der Waals surface area (Å²) in [6, 6.07) is 0. The fourth-order valence-corrected chi connectivity index (χ4v) is 3.28. The van der Waals surface area contributed by atoms with Gasteiger partial charge in [0.05, 0.1) is 5.92 Å². The minimum atomic E-state index is -2.26. The zero-order valence-corrected chi connectivity index (χ0v) is 17.0. The Balaban J connectivity index is 3.31. The molecule has 5 nitrogen and oxygen atoms in total. The van der Waals surface area contributed by atoms with Crippen molar-refractivity contribution in [2.24, 2.45) is 23.7 Å². The number of ketones is 3. The Bertz CT molecular complexity index is 587. The lowest BCUT2D eigenvalue weighted by atomic mass is 9.79. The molecule has 0 spiro atoms. The molecule has 1 aliphatic rings. The van der Waals surface area contributed by atoms with Crippen molar-refractivity contribution >= 4 is 17.3 Å². The minimum absolute atomic E-state index is 0.0640. The van der Waals surface area contributed by atoms with Gasteiger partial charge in [0, 0.05) is 12.3 Å². The van der Waals surface area contributed by atoms with Crippen LogP contribution in [0.15, 0.2) is 11.3 Å². The average molecular weight is 366 g/mol. The van der Waals surface area contributed by atoms with Crippen LogP contribution in [-0.2, 0) is 14.4 Å². The molecular weight excluding hydrogens is 332 g/mol. The number of aliphatic hydroxyl groups excluding tert-OH is 1. The Labute approximate surface area is 156 Å². The first kappa shape index (κ1) is 22.6. The van der Waals surface area contributed by atoms with E-state index in [1.807, 2.05) is 34.6 Å². The van der Waals surface area contributed by atoms with Crippen LogP contribution >= 0.6 is 0 Å². The van der Waals surface area contributed by atoms with Gasteiger partial charge in [-0.1, -0.05) is 48.0 Å². The van der Waals surface area contributed by atoms with Crippen LogP contribution in [0.2, 0.25) is 0 Å². The molecule has 0 aromatic rings. The van der Waals surface area contributed by atoms with E-state index < -0.39 is 40.5 Å². The molecule has 0 bridgehead atoms. The lowest BCUT2D eigenvalue weighted by Gasteiger charge is -2.28. The number of carbonyl (C=O) groups excluding carboxylic acids is 3. The van der Waals surface area contributed by atoms with E-state index in [2.05, 4.69) is 0 Å². The standard InChI is InChI=1S/C21H34O5/c1-7-14(6)18(23)17-19(24)15(10-8-12(2)3)21(26,20(17)25)16(22)11-9-13(4)5/h12-15,25-26H,7-11H2,1-6H3/t14?,15-,21+/m0/s1. The Kier molecular flexibility index (Phi) is 7.75. The van der Waals surface area contributed by atoms with Gasteiger partial charge in [-0.3, -0.25) is 14.4 Å². The SMILES string of the molecule is CCC(C)C(=O)C1=C(O)[C@](O)(C(=O)CCC(C)C)[C@@H](CCC(C)C)C1=O. The molecule has 26 heavy (non-hydrogen) atoms. The summed E-state index contributed by atoms with van der Waals surface area (Å²) in [6.45, 7) is 11.4. The molecule has 0 aromatic carbocycles. The van der Waals surface area contributed by atoms with Crippen LogP contribution in [0.4, 0.5) is 0 Å². The van der Waals surface area contributed by atoms with E-state index in [9.17, 15) is 24.6 Å². The number of rotatable bonds is 10. The molecule has 0 saturated heterocycles. The van der Waals surface area contributed by atoms with E-state index in [4.69, 9.17) is 0 Å². The summed E-state index contributed by atoms with van der Waals surface area (Å²) in [4.78, 5) is 38.3. The van der Waals surface area contributed by atoms with Crippen molar-refractivity contribution < 1.29 is 24.6 Å². The highest BCUT2D eigenvalue weighted by Gasteiger charge is 2.58. The Hall–Kier alpha value is -1.49. The van der Waals surface area contributed by atoms with Gasteiger partial charge in [0.15, 0.2) is 23.0 Å².